The summed E-state index contributed by atoms with van der Waals surface area (Å²) in [6, 6.07) is 13.8. The van der Waals surface area contributed by atoms with Gasteiger partial charge in [-0.05, 0) is 48.7 Å². The van der Waals surface area contributed by atoms with E-state index in [4.69, 9.17) is 0 Å². The van der Waals surface area contributed by atoms with Crippen LogP contribution in [-0.4, -0.2) is 67.7 Å². The van der Waals surface area contributed by atoms with Gasteiger partial charge < -0.3 is 14.7 Å². The monoisotopic (exact) mass is 509 g/mol. The predicted molar refractivity (Wildman–Crippen MR) is 135 cm³/mol. The highest BCUT2D eigenvalue weighted by atomic mass is 32.2. The molecule has 5 rings (SSSR count). The molecule has 1 saturated heterocycles. The Morgan fingerprint density at radius 1 is 1.06 bits per heavy atom. The average Bonchev–Trinajstić information content (AvgIpc) is 2.87. The normalized spacial score (nSPS) is 18.2. The fourth-order valence-electron chi connectivity index (χ4n) is 4.89. The van der Waals surface area contributed by atoms with Crippen LogP contribution in [0.4, 0.5) is 16.0 Å². The number of nitrogens with zero attached hydrogens (tertiary/aromatic N) is 5. The van der Waals surface area contributed by atoms with Crippen LogP contribution >= 0.6 is 0 Å². The average molecular weight is 510 g/mol. The number of anilines is 2. The van der Waals surface area contributed by atoms with Crippen molar-refractivity contribution < 1.29 is 17.6 Å². The number of aromatic nitrogens is 2. The first kappa shape index (κ1) is 24.2. The molecule has 1 amide bonds. The van der Waals surface area contributed by atoms with E-state index in [1.54, 1.807) is 12.3 Å². The Morgan fingerprint density at radius 3 is 2.56 bits per heavy atom. The number of halogens is 1. The molecule has 0 radical (unpaired) electrons. The first-order valence-corrected chi connectivity index (χ1v) is 13.8. The van der Waals surface area contributed by atoms with Crippen LogP contribution in [0.25, 0.3) is 0 Å². The van der Waals surface area contributed by atoms with Crippen molar-refractivity contribution >= 4 is 27.4 Å². The van der Waals surface area contributed by atoms with Gasteiger partial charge in [0.1, 0.15) is 11.5 Å². The lowest BCUT2D eigenvalue weighted by Crippen LogP contribution is -2.53. The van der Waals surface area contributed by atoms with E-state index in [0.29, 0.717) is 50.1 Å². The summed E-state index contributed by atoms with van der Waals surface area (Å²) in [5.41, 5.74) is 3.16. The summed E-state index contributed by atoms with van der Waals surface area (Å²) in [5.74, 6) is -0.212. The Hall–Kier alpha value is -3.53. The first-order chi connectivity index (χ1) is 17.2. The zero-order valence-electron chi connectivity index (χ0n) is 20.3. The van der Waals surface area contributed by atoms with Crippen LogP contribution in [0.3, 0.4) is 0 Å². The summed E-state index contributed by atoms with van der Waals surface area (Å²) in [4.78, 5) is 27.9. The summed E-state index contributed by atoms with van der Waals surface area (Å²) < 4.78 is 38.2. The summed E-state index contributed by atoms with van der Waals surface area (Å²) in [7, 11) is -3.48. The number of amides is 1. The quantitative estimate of drug-likeness (QED) is 0.535. The molecule has 1 atom stereocenters. The SMILES string of the molecule is C[C@@H]1CN(c2ccc(S(C)(=O)=O)cc2F)CCN1c1nccc(C(=O)N2CCc3ccccc3C2)n1. The molecule has 2 aliphatic heterocycles. The number of fused-ring (bicyclic) bond motifs is 1. The maximum absolute atomic E-state index is 14.7. The number of carbonyl (C=O) groups excluding carboxylic acids is 1. The second kappa shape index (κ2) is 9.50. The van der Waals surface area contributed by atoms with Crippen LogP contribution < -0.4 is 9.80 Å². The molecule has 10 heteroatoms. The third-order valence-corrected chi connectivity index (χ3v) is 7.96. The maximum atomic E-state index is 14.7. The minimum absolute atomic E-state index is 0.0393. The first-order valence-electron chi connectivity index (χ1n) is 11.9. The van der Waals surface area contributed by atoms with Crippen molar-refractivity contribution in [3.63, 3.8) is 0 Å². The molecule has 0 unspecified atom stereocenters. The van der Waals surface area contributed by atoms with Gasteiger partial charge >= 0.3 is 0 Å². The van der Waals surface area contributed by atoms with E-state index in [1.807, 2.05) is 33.8 Å². The molecule has 0 spiro atoms. The molecule has 8 nitrogen and oxygen atoms in total. The molecule has 2 aliphatic rings. The van der Waals surface area contributed by atoms with Gasteiger partial charge in [0.2, 0.25) is 5.95 Å². The molecule has 2 aromatic carbocycles. The smallest absolute Gasteiger partial charge is 0.272 e. The molecule has 1 fully saturated rings. The van der Waals surface area contributed by atoms with Gasteiger partial charge in [0.15, 0.2) is 9.84 Å². The minimum atomic E-state index is -3.48. The van der Waals surface area contributed by atoms with Crippen molar-refractivity contribution in [2.45, 2.75) is 30.8 Å². The number of rotatable bonds is 4. The van der Waals surface area contributed by atoms with E-state index in [2.05, 4.69) is 22.1 Å². The molecule has 3 heterocycles. The molecule has 0 bridgehead atoms. The predicted octanol–water partition coefficient (Wildman–Crippen LogP) is 2.93. The van der Waals surface area contributed by atoms with Gasteiger partial charge in [0, 0.05) is 51.2 Å². The number of hydrogen-bond acceptors (Lipinski definition) is 7. The van der Waals surface area contributed by atoms with Crippen molar-refractivity contribution in [2.24, 2.45) is 0 Å². The van der Waals surface area contributed by atoms with Crippen LogP contribution in [0.1, 0.15) is 28.5 Å². The van der Waals surface area contributed by atoms with Gasteiger partial charge in [-0.1, -0.05) is 24.3 Å². The largest absolute Gasteiger partial charge is 0.365 e. The highest BCUT2D eigenvalue weighted by Gasteiger charge is 2.29. The number of carbonyl (C=O) groups is 1. The van der Waals surface area contributed by atoms with Gasteiger partial charge in [0.05, 0.1) is 10.6 Å². The Morgan fingerprint density at radius 2 is 1.83 bits per heavy atom. The number of sulfone groups is 1. The standard InChI is InChI=1S/C26H28FN5O3S/c1-18-16-30(24-8-7-21(15-22(24)27)36(2,34)35)13-14-32(18)26-28-11-9-23(29-26)25(33)31-12-10-19-5-3-4-6-20(19)17-31/h3-9,11,15,18H,10,12-14,16-17H2,1-2H3/t18-/m1/s1. The van der Waals surface area contributed by atoms with Crippen LogP contribution in [0.5, 0.6) is 0 Å². The van der Waals surface area contributed by atoms with Gasteiger partial charge in [-0.3, -0.25) is 4.79 Å². The third-order valence-electron chi connectivity index (χ3n) is 6.85. The zero-order valence-corrected chi connectivity index (χ0v) is 21.1. The van der Waals surface area contributed by atoms with Crippen LogP contribution in [0, 0.1) is 5.82 Å². The fraction of sp³-hybridized carbons (Fsp3) is 0.346. The fourth-order valence-corrected chi connectivity index (χ4v) is 5.52. The van der Waals surface area contributed by atoms with E-state index in [9.17, 15) is 17.6 Å². The van der Waals surface area contributed by atoms with E-state index in [0.717, 1.165) is 24.3 Å². The molecular weight excluding hydrogens is 481 g/mol. The molecule has 1 aromatic heterocycles. The van der Waals surface area contributed by atoms with E-state index < -0.39 is 15.7 Å². The Kier molecular flexibility index (Phi) is 6.38. The van der Waals surface area contributed by atoms with E-state index in [1.165, 1.54) is 17.7 Å². The van der Waals surface area contributed by atoms with Gasteiger partial charge in [-0.25, -0.2) is 22.8 Å². The van der Waals surface area contributed by atoms with Gasteiger partial charge in [-0.2, -0.15) is 0 Å². The Balaban J connectivity index is 1.29. The zero-order chi connectivity index (χ0) is 25.4. The van der Waals surface area contributed by atoms with Crippen molar-refractivity contribution in [3.05, 3.63) is 77.4 Å². The summed E-state index contributed by atoms with van der Waals surface area (Å²) in [5, 5.41) is 0. The molecule has 36 heavy (non-hydrogen) atoms. The molecule has 3 aromatic rings. The lowest BCUT2D eigenvalue weighted by molar-refractivity contribution is 0.0728. The lowest BCUT2D eigenvalue weighted by atomic mass is 10.00. The Labute approximate surface area is 210 Å². The number of hydrogen-bond donors (Lipinski definition) is 0. The second-order valence-electron chi connectivity index (χ2n) is 9.36. The second-order valence-corrected chi connectivity index (χ2v) is 11.4. The van der Waals surface area contributed by atoms with Crippen molar-refractivity contribution in [3.8, 4) is 0 Å². The van der Waals surface area contributed by atoms with Crippen LogP contribution in [0.2, 0.25) is 0 Å². The molecule has 0 N–H and O–H groups in total. The number of piperazine rings is 1. The van der Waals surface area contributed by atoms with Crippen LogP contribution in [-0.2, 0) is 22.8 Å². The van der Waals surface area contributed by atoms with Crippen molar-refractivity contribution in [1.29, 1.82) is 0 Å². The van der Waals surface area contributed by atoms with Crippen molar-refractivity contribution in [1.82, 2.24) is 14.9 Å². The molecule has 0 saturated carbocycles. The summed E-state index contributed by atoms with van der Waals surface area (Å²) in [6.45, 7) is 4.74. The van der Waals surface area contributed by atoms with Crippen molar-refractivity contribution in [2.75, 3.05) is 42.2 Å². The summed E-state index contributed by atoms with van der Waals surface area (Å²) in [6.07, 6.45) is 3.49. The van der Waals surface area contributed by atoms with Gasteiger partial charge in [-0.15, -0.1) is 0 Å². The lowest BCUT2D eigenvalue weighted by Gasteiger charge is -2.41. The summed E-state index contributed by atoms with van der Waals surface area (Å²) >= 11 is 0. The molecule has 188 valence electrons. The highest BCUT2D eigenvalue weighted by molar-refractivity contribution is 7.90. The molecular formula is C26H28FN5O3S. The Bertz CT molecular complexity index is 1410. The highest BCUT2D eigenvalue weighted by Crippen LogP contribution is 2.27. The molecule has 0 aliphatic carbocycles. The van der Waals surface area contributed by atoms with E-state index in [-0.39, 0.29) is 16.8 Å². The third kappa shape index (κ3) is 4.77. The van der Waals surface area contributed by atoms with Crippen LogP contribution in [0.15, 0.2) is 59.6 Å². The van der Waals surface area contributed by atoms with Gasteiger partial charge in [0.25, 0.3) is 5.91 Å². The number of benzene rings is 2. The maximum Gasteiger partial charge on any atom is 0.272 e. The van der Waals surface area contributed by atoms with E-state index >= 15 is 0 Å². The minimum Gasteiger partial charge on any atom is -0.365 e. The topological polar surface area (TPSA) is 86.7 Å².